The summed E-state index contributed by atoms with van der Waals surface area (Å²) in [4.78, 5) is 24.3. The van der Waals surface area contributed by atoms with Crippen molar-refractivity contribution in [3.05, 3.63) is 84.4 Å². The van der Waals surface area contributed by atoms with Gasteiger partial charge >= 0.3 is 12.1 Å². The highest BCUT2D eigenvalue weighted by atomic mass is 16.5. The molecule has 0 aliphatic carbocycles. The maximum absolute atomic E-state index is 12.7. The smallest absolute Gasteiger partial charge is 0.411 e. The van der Waals surface area contributed by atoms with Crippen LogP contribution in [-0.4, -0.2) is 61.4 Å². The third-order valence-corrected chi connectivity index (χ3v) is 5.38. The summed E-state index contributed by atoms with van der Waals surface area (Å²) < 4.78 is 10.2. The topological polar surface area (TPSA) is 141 Å². The Morgan fingerprint density at radius 3 is 2.11 bits per heavy atom. The first-order valence-electron chi connectivity index (χ1n) is 11.8. The maximum Gasteiger partial charge on any atom is 0.411 e. The number of para-hydroxylation sites is 4. The Morgan fingerprint density at radius 2 is 1.43 bits per heavy atom. The summed E-state index contributed by atoms with van der Waals surface area (Å²) in [5.41, 5.74) is 2.13. The molecule has 3 aromatic rings. The van der Waals surface area contributed by atoms with Crippen LogP contribution in [0.4, 0.5) is 26.7 Å². The van der Waals surface area contributed by atoms with Crippen molar-refractivity contribution >= 4 is 29.2 Å². The van der Waals surface area contributed by atoms with E-state index in [1.54, 1.807) is 36.4 Å². The number of aliphatic hydroxyl groups excluding tert-OH is 2. The number of carbonyl (C=O) groups is 2. The highest BCUT2D eigenvalue weighted by Gasteiger charge is 2.15. The second kappa shape index (κ2) is 14.4. The van der Waals surface area contributed by atoms with Gasteiger partial charge in [0.25, 0.3) is 0 Å². The van der Waals surface area contributed by atoms with Crippen molar-refractivity contribution in [2.75, 3.05) is 42.8 Å². The minimum Gasteiger partial charge on any atom is -0.491 e. The molecule has 0 fully saturated rings. The van der Waals surface area contributed by atoms with E-state index in [-0.39, 0.29) is 25.8 Å². The normalized spacial score (nSPS) is 12.2. The third-order valence-electron chi connectivity index (χ3n) is 5.38. The Morgan fingerprint density at radius 1 is 0.838 bits per heavy atom. The summed E-state index contributed by atoms with van der Waals surface area (Å²) in [5.74, 6) is 0.669. The lowest BCUT2D eigenvalue weighted by Crippen LogP contribution is -2.41. The average Bonchev–Trinajstić information content (AvgIpc) is 2.92. The second-order valence-corrected chi connectivity index (χ2v) is 8.17. The molecule has 10 nitrogen and oxygen atoms in total. The average molecular weight is 509 g/mol. The molecule has 0 saturated heterocycles. The molecule has 0 heterocycles. The number of anilines is 3. The van der Waals surface area contributed by atoms with Gasteiger partial charge in [-0.1, -0.05) is 48.5 Å². The molecule has 3 aromatic carbocycles. The van der Waals surface area contributed by atoms with E-state index >= 15 is 0 Å². The molecule has 0 spiro atoms. The van der Waals surface area contributed by atoms with Crippen LogP contribution in [0, 0.1) is 0 Å². The summed E-state index contributed by atoms with van der Waals surface area (Å²) >= 11 is 0. The van der Waals surface area contributed by atoms with Gasteiger partial charge in [-0.15, -0.1) is 0 Å². The number of urea groups is 1. The molecule has 10 heteroatoms. The van der Waals surface area contributed by atoms with Crippen LogP contribution < -0.4 is 26.0 Å². The van der Waals surface area contributed by atoms with Gasteiger partial charge in [-0.05, 0) is 42.3 Å². The first-order valence-corrected chi connectivity index (χ1v) is 11.8. The summed E-state index contributed by atoms with van der Waals surface area (Å²) in [6, 6.07) is 22.3. The van der Waals surface area contributed by atoms with Gasteiger partial charge in [0.05, 0.1) is 25.1 Å². The van der Waals surface area contributed by atoms with Crippen LogP contribution >= 0.6 is 0 Å². The van der Waals surface area contributed by atoms with E-state index in [0.717, 1.165) is 5.56 Å². The summed E-state index contributed by atoms with van der Waals surface area (Å²) in [6.45, 7) is 0.164. The number of methoxy groups -OCH3 is 1. The quantitative estimate of drug-likeness (QED) is 0.220. The predicted molar refractivity (Wildman–Crippen MR) is 142 cm³/mol. The van der Waals surface area contributed by atoms with Crippen LogP contribution in [0.15, 0.2) is 78.9 Å². The van der Waals surface area contributed by atoms with Crippen LogP contribution in [0.25, 0.3) is 0 Å². The molecule has 0 bridgehead atoms. The Labute approximate surface area is 215 Å². The van der Waals surface area contributed by atoms with Crippen molar-refractivity contribution in [2.45, 2.75) is 18.6 Å². The van der Waals surface area contributed by atoms with E-state index in [2.05, 4.69) is 26.0 Å². The third kappa shape index (κ3) is 9.12. The fourth-order valence-electron chi connectivity index (χ4n) is 3.50. The van der Waals surface area contributed by atoms with Crippen LogP contribution in [0.3, 0.4) is 0 Å². The van der Waals surface area contributed by atoms with Gasteiger partial charge in [0, 0.05) is 18.3 Å². The van der Waals surface area contributed by atoms with Crippen LogP contribution in [-0.2, 0) is 11.2 Å². The molecule has 3 rings (SSSR count). The monoisotopic (exact) mass is 508 g/mol. The zero-order chi connectivity index (χ0) is 26.5. The zero-order valence-corrected chi connectivity index (χ0v) is 20.5. The minimum atomic E-state index is -0.771. The highest BCUT2D eigenvalue weighted by molar-refractivity contribution is 6.03. The molecule has 0 aliphatic heterocycles. The maximum atomic E-state index is 12.7. The SMILES string of the molecule is COC(=O)Nc1ccccc1NC(=O)Nc1ccccc1C[C@@H](CO)NC[C@H](O)COc1ccccc1. The number of amides is 3. The molecule has 0 saturated carbocycles. The molecule has 0 unspecified atom stereocenters. The van der Waals surface area contributed by atoms with Crippen molar-refractivity contribution in [1.29, 1.82) is 0 Å². The number of hydrogen-bond acceptors (Lipinski definition) is 7. The van der Waals surface area contributed by atoms with E-state index in [4.69, 9.17) is 4.74 Å². The molecule has 2 atom stereocenters. The van der Waals surface area contributed by atoms with Crippen molar-refractivity contribution in [2.24, 2.45) is 0 Å². The van der Waals surface area contributed by atoms with E-state index < -0.39 is 18.2 Å². The van der Waals surface area contributed by atoms with E-state index in [1.807, 2.05) is 42.5 Å². The number of hydrogen-bond donors (Lipinski definition) is 6. The second-order valence-electron chi connectivity index (χ2n) is 8.17. The Hall–Kier alpha value is -4.12. The van der Waals surface area contributed by atoms with Gasteiger partial charge < -0.3 is 35.6 Å². The lowest BCUT2D eigenvalue weighted by atomic mass is 10.0. The summed E-state index contributed by atoms with van der Waals surface area (Å²) in [7, 11) is 1.25. The standard InChI is InChI=1S/C27H32N4O6/c1-36-27(35)31-25-14-8-7-13-24(25)30-26(34)29-23-12-6-5-9-19(23)15-20(17-32)28-16-21(33)18-37-22-10-3-2-4-11-22/h2-14,20-21,28,32-33H,15-18H2,1H3,(H,31,35)(H2,29,30,34)/t20-,21-/m0/s1. The summed E-state index contributed by atoms with van der Waals surface area (Å²) in [6.07, 6.45) is -1.02. The summed E-state index contributed by atoms with van der Waals surface area (Å²) in [5, 5.41) is 31.4. The molecular weight excluding hydrogens is 476 g/mol. The number of rotatable bonds is 12. The van der Waals surface area contributed by atoms with E-state index in [1.165, 1.54) is 7.11 Å². The molecule has 3 amide bonds. The van der Waals surface area contributed by atoms with Crippen molar-refractivity contribution in [3.63, 3.8) is 0 Å². The van der Waals surface area contributed by atoms with Gasteiger partial charge in [0.2, 0.25) is 0 Å². The number of ether oxygens (including phenoxy) is 2. The van der Waals surface area contributed by atoms with Gasteiger partial charge in [0.15, 0.2) is 0 Å². The number of nitrogens with one attached hydrogen (secondary N) is 4. The lowest BCUT2D eigenvalue weighted by molar-refractivity contribution is 0.0997. The molecule has 6 N–H and O–H groups in total. The molecular formula is C27H32N4O6. The highest BCUT2D eigenvalue weighted by Crippen LogP contribution is 2.22. The Balaban J connectivity index is 1.55. The van der Waals surface area contributed by atoms with E-state index in [9.17, 15) is 19.8 Å². The largest absolute Gasteiger partial charge is 0.491 e. The van der Waals surface area contributed by atoms with Gasteiger partial charge in [0.1, 0.15) is 18.5 Å². The van der Waals surface area contributed by atoms with Crippen LogP contribution in [0.5, 0.6) is 5.75 Å². The predicted octanol–water partition coefficient (Wildman–Crippen LogP) is 3.44. The first kappa shape index (κ1) is 27.5. The van der Waals surface area contributed by atoms with Crippen molar-refractivity contribution < 1.29 is 29.3 Å². The fourth-order valence-corrected chi connectivity index (χ4v) is 3.50. The van der Waals surface area contributed by atoms with Gasteiger partial charge in [-0.3, -0.25) is 5.32 Å². The Kier molecular flexibility index (Phi) is 10.7. The molecule has 37 heavy (non-hydrogen) atoms. The Bertz CT molecular complexity index is 1140. The lowest BCUT2D eigenvalue weighted by Gasteiger charge is -2.21. The van der Waals surface area contributed by atoms with Crippen LogP contribution in [0.2, 0.25) is 0 Å². The fraction of sp³-hybridized carbons (Fsp3) is 0.259. The first-order chi connectivity index (χ1) is 18.0. The van der Waals surface area contributed by atoms with Crippen molar-refractivity contribution in [1.82, 2.24) is 5.32 Å². The van der Waals surface area contributed by atoms with Gasteiger partial charge in [-0.25, -0.2) is 9.59 Å². The number of aliphatic hydroxyl groups is 2. The molecule has 196 valence electrons. The number of benzene rings is 3. The zero-order valence-electron chi connectivity index (χ0n) is 20.5. The van der Waals surface area contributed by atoms with E-state index in [0.29, 0.717) is 29.2 Å². The molecule has 0 radical (unpaired) electrons. The van der Waals surface area contributed by atoms with Gasteiger partial charge in [-0.2, -0.15) is 0 Å². The number of carbonyl (C=O) groups excluding carboxylic acids is 2. The van der Waals surface area contributed by atoms with Crippen LogP contribution in [0.1, 0.15) is 5.56 Å². The van der Waals surface area contributed by atoms with Crippen molar-refractivity contribution in [3.8, 4) is 5.75 Å². The molecule has 0 aromatic heterocycles. The molecule has 0 aliphatic rings. The minimum absolute atomic E-state index is 0.111.